The second-order valence-corrected chi connectivity index (χ2v) is 19.0. The molecule has 0 aliphatic carbocycles. The van der Waals surface area contributed by atoms with Crippen molar-refractivity contribution in [1.82, 2.24) is 0 Å². The maximum absolute atomic E-state index is 2.49. The van der Waals surface area contributed by atoms with Crippen molar-refractivity contribution >= 4 is 54.2 Å². The molecule has 1 atom stereocenters. The van der Waals surface area contributed by atoms with Crippen LogP contribution in [0, 0.1) is 0 Å². The van der Waals surface area contributed by atoms with Gasteiger partial charge in [0.15, 0.2) is 0 Å². The summed E-state index contributed by atoms with van der Waals surface area (Å²) in [5.41, 5.74) is 3.24. The summed E-state index contributed by atoms with van der Waals surface area (Å²) in [6.07, 6.45) is 2.61. The van der Waals surface area contributed by atoms with Gasteiger partial charge in [0.05, 0.1) is 0 Å². The summed E-state index contributed by atoms with van der Waals surface area (Å²) < 4.78 is 0.677. The highest BCUT2D eigenvalue weighted by Crippen LogP contribution is 2.31. The lowest BCUT2D eigenvalue weighted by atomic mass is 9.96. The summed E-state index contributed by atoms with van der Waals surface area (Å²) in [4.78, 5) is 1.18. The number of hydrogen-bond acceptors (Lipinski definition) is 0. The first-order chi connectivity index (χ1) is 9.23. The van der Waals surface area contributed by atoms with Crippen molar-refractivity contribution in [3.05, 3.63) is 35.4 Å². The average Bonchev–Trinajstić information content (AvgIpc) is 2.49. The lowest BCUT2D eigenvalue weighted by Crippen LogP contribution is -2.64. The van der Waals surface area contributed by atoms with Crippen LogP contribution in [-0.4, -0.2) is 54.2 Å². The minimum atomic E-state index is 0.677. The first-order valence-corrected chi connectivity index (χ1v) is 16.2. The zero-order valence-electron chi connectivity index (χ0n) is 11.4. The van der Waals surface area contributed by atoms with E-state index in [0.29, 0.717) is 4.28 Å². The maximum Gasteiger partial charge on any atom is 0.0269 e. The molecule has 2 bridgehead atoms. The van der Waals surface area contributed by atoms with E-state index in [1.807, 2.05) is 0 Å². The van der Waals surface area contributed by atoms with E-state index in [4.69, 9.17) is 0 Å². The van der Waals surface area contributed by atoms with Gasteiger partial charge >= 0.3 is 0 Å². The van der Waals surface area contributed by atoms with E-state index >= 15 is 0 Å². The number of fused-ring (bicyclic) bond motifs is 3. The van der Waals surface area contributed by atoms with Crippen LogP contribution in [0.2, 0.25) is 4.79 Å². The SMILES string of the molecule is CCCC(C)c1ccc(C23[Si][Si]C([Si][Si]2)[Si][Si]3)cc1. The molecular formula is C13H16Si6. The van der Waals surface area contributed by atoms with Crippen molar-refractivity contribution in [3.8, 4) is 0 Å². The van der Waals surface area contributed by atoms with E-state index in [1.165, 1.54) is 71.9 Å². The predicted octanol–water partition coefficient (Wildman–Crippen LogP) is 1.40. The zero-order valence-corrected chi connectivity index (χ0v) is 17.4. The third kappa shape index (κ3) is 2.93. The summed E-state index contributed by atoms with van der Waals surface area (Å²) in [5, 5.41) is 0. The fourth-order valence-corrected chi connectivity index (χ4v) is 33.1. The molecule has 0 spiro atoms. The molecule has 3 aliphatic rings. The Kier molecular flexibility index (Phi) is 4.64. The van der Waals surface area contributed by atoms with Gasteiger partial charge in [-0.25, -0.2) is 0 Å². The minimum Gasteiger partial charge on any atom is -0.0724 e. The molecule has 0 N–H and O–H groups in total. The summed E-state index contributed by atoms with van der Waals surface area (Å²) in [5.74, 6) is 0.733. The molecule has 0 aromatic heterocycles. The van der Waals surface area contributed by atoms with Crippen LogP contribution in [-0.2, 0) is 4.28 Å². The van der Waals surface area contributed by atoms with Crippen LogP contribution in [0.1, 0.15) is 43.7 Å². The standard InChI is InChI=1S/C13H16Si6/c1-3-4-9(2)10-5-7-11(8-6-10)13-17-14-12(15-18-13)16-19-13/h5-9,12H,3-4H2,1-2H3. The fraction of sp³-hybridized carbons (Fsp3) is 0.538. The highest BCUT2D eigenvalue weighted by molar-refractivity contribution is 7.41. The van der Waals surface area contributed by atoms with Gasteiger partial charge in [0.1, 0.15) is 0 Å². The molecule has 1 unspecified atom stereocenters. The van der Waals surface area contributed by atoms with Gasteiger partial charge in [-0.2, -0.15) is 0 Å². The maximum atomic E-state index is 2.49. The monoisotopic (exact) mass is 340 g/mol. The zero-order chi connectivity index (χ0) is 13.3. The molecule has 4 rings (SSSR count). The largest absolute Gasteiger partial charge is 0.0724 e. The second kappa shape index (κ2) is 6.10. The smallest absolute Gasteiger partial charge is 0.0269 e. The summed E-state index contributed by atoms with van der Waals surface area (Å²) >= 11 is 0. The Hall–Kier alpha value is 0.521. The third-order valence-corrected chi connectivity index (χ3v) is 29.0. The number of benzene rings is 1. The molecule has 3 heterocycles. The van der Waals surface area contributed by atoms with Crippen LogP contribution >= 0.6 is 0 Å². The van der Waals surface area contributed by atoms with Crippen LogP contribution in [0.5, 0.6) is 0 Å². The fourth-order valence-electron chi connectivity index (χ4n) is 2.62. The molecule has 3 aliphatic heterocycles. The van der Waals surface area contributed by atoms with Crippen molar-refractivity contribution in [2.75, 3.05) is 0 Å². The first-order valence-electron chi connectivity index (χ1n) is 6.92. The van der Waals surface area contributed by atoms with Gasteiger partial charge in [-0.3, -0.25) is 0 Å². The van der Waals surface area contributed by atoms with E-state index in [0.717, 1.165) is 5.92 Å². The Morgan fingerprint density at radius 2 is 1.63 bits per heavy atom. The summed E-state index contributed by atoms with van der Waals surface area (Å²) in [6, 6.07) is 9.83. The van der Waals surface area contributed by atoms with E-state index in [9.17, 15) is 0 Å². The summed E-state index contributed by atoms with van der Waals surface area (Å²) in [6.45, 7) is 4.66. The van der Waals surface area contributed by atoms with Gasteiger partial charge in [-0.15, -0.1) is 0 Å². The van der Waals surface area contributed by atoms with Gasteiger partial charge in [0, 0.05) is 54.2 Å². The minimum absolute atomic E-state index is 0.677. The Morgan fingerprint density at radius 1 is 1.05 bits per heavy atom. The molecule has 3 fully saturated rings. The second-order valence-electron chi connectivity index (χ2n) is 5.30. The van der Waals surface area contributed by atoms with Crippen molar-refractivity contribution in [3.63, 3.8) is 0 Å². The van der Waals surface area contributed by atoms with Gasteiger partial charge in [-0.1, -0.05) is 54.9 Å². The quantitative estimate of drug-likeness (QED) is 0.727. The number of rotatable bonds is 4. The van der Waals surface area contributed by atoms with Crippen LogP contribution < -0.4 is 0 Å². The van der Waals surface area contributed by atoms with Crippen LogP contribution in [0.25, 0.3) is 0 Å². The van der Waals surface area contributed by atoms with E-state index in [2.05, 4.69) is 38.1 Å². The molecule has 1 aromatic rings. The van der Waals surface area contributed by atoms with E-state index in [1.54, 1.807) is 11.1 Å². The Labute approximate surface area is 131 Å². The molecule has 92 valence electrons. The molecule has 0 nitrogen and oxygen atoms in total. The van der Waals surface area contributed by atoms with Crippen LogP contribution in [0.3, 0.4) is 0 Å². The van der Waals surface area contributed by atoms with E-state index in [-0.39, 0.29) is 0 Å². The Balaban J connectivity index is 1.78. The molecule has 0 amide bonds. The lowest BCUT2D eigenvalue weighted by molar-refractivity contribution is 0.664. The Bertz CT molecular complexity index is 409. The highest BCUT2D eigenvalue weighted by Gasteiger charge is 2.43. The van der Waals surface area contributed by atoms with Crippen molar-refractivity contribution in [2.45, 2.75) is 41.7 Å². The molecule has 6 heteroatoms. The van der Waals surface area contributed by atoms with Crippen molar-refractivity contribution < 1.29 is 0 Å². The van der Waals surface area contributed by atoms with Gasteiger partial charge in [0.2, 0.25) is 0 Å². The summed E-state index contributed by atoms with van der Waals surface area (Å²) in [7, 11) is 7.64. The van der Waals surface area contributed by atoms with Crippen molar-refractivity contribution in [2.24, 2.45) is 0 Å². The normalized spacial score (nSPS) is 31.4. The lowest BCUT2D eigenvalue weighted by Gasteiger charge is -2.45. The van der Waals surface area contributed by atoms with Gasteiger partial charge in [-0.05, 0) is 22.2 Å². The topological polar surface area (TPSA) is 0 Å². The first kappa shape index (κ1) is 14.5. The number of hydrogen-bond donors (Lipinski definition) is 0. The molecular weight excluding hydrogens is 325 g/mol. The third-order valence-electron chi connectivity index (χ3n) is 3.85. The average molecular weight is 341 g/mol. The Morgan fingerprint density at radius 3 is 2.16 bits per heavy atom. The highest BCUT2D eigenvalue weighted by atomic mass is 29.3. The van der Waals surface area contributed by atoms with Gasteiger partial charge < -0.3 is 0 Å². The van der Waals surface area contributed by atoms with Gasteiger partial charge in [0.25, 0.3) is 0 Å². The van der Waals surface area contributed by atoms with Crippen LogP contribution in [0.4, 0.5) is 0 Å². The van der Waals surface area contributed by atoms with E-state index < -0.39 is 0 Å². The molecule has 0 saturated carbocycles. The van der Waals surface area contributed by atoms with Crippen LogP contribution in [0.15, 0.2) is 24.3 Å². The molecule has 1 aromatic carbocycles. The molecule has 19 heavy (non-hydrogen) atoms. The molecule has 3 saturated heterocycles. The molecule has 12 radical (unpaired) electrons. The van der Waals surface area contributed by atoms with Crippen molar-refractivity contribution in [1.29, 1.82) is 0 Å². The predicted molar refractivity (Wildman–Crippen MR) is 89.7 cm³/mol.